The molecule has 0 aliphatic heterocycles. The third kappa shape index (κ3) is 8.00. The molecule has 0 radical (unpaired) electrons. The fourth-order valence-corrected chi connectivity index (χ4v) is 3.77. The van der Waals surface area contributed by atoms with Gasteiger partial charge < -0.3 is 14.2 Å². The second-order valence-electron chi connectivity index (χ2n) is 7.71. The lowest BCUT2D eigenvalue weighted by Crippen LogP contribution is -2.48. The first-order valence-electron chi connectivity index (χ1n) is 11.2. The molecule has 0 bridgehead atoms. The molecule has 2 atom stereocenters. The Labute approximate surface area is 187 Å². The molecule has 2 aromatic rings. The second-order valence-corrected chi connectivity index (χ2v) is 7.71. The van der Waals surface area contributed by atoms with E-state index in [9.17, 15) is 4.79 Å². The van der Waals surface area contributed by atoms with Crippen molar-refractivity contribution in [3.63, 3.8) is 0 Å². The summed E-state index contributed by atoms with van der Waals surface area (Å²) in [6, 6.07) is 18.0. The molecule has 0 saturated carbocycles. The van der Waals surface area contributed by atoms with Crippen LogP contribution in [0.4, 0.5) is 0 Å². The molecule has 0 saturated heterocycles. The van der Waals surface area contributed by atoms with Gasteiger partial charge in [0, 0.05) is 12.6 Å². The van der Waals surface area contributed by atoms with Crippen LogP contribution in [-0.2, 0) is 27.4 Å². The zero-order valence-corrected chi connectivity index (χ0v) is 19.4. The predicted octanol–water partition coefficient (Wildman–Crippen LogP) is 5.22. The lowest BCUT2D eigenvalue weighted by atomic mass is 10.00. The molecule has 0 amide bonds. The van der Waals surface area contributed by atoms with E-state index in [4.69, 9.17) is 14.2 Å². The maximum Gasteiger partial charge on any atom is 0.336 e. The van der Waals surface area contributed by atoms with Crippen molar-refractivity contribution in [2.24, 2.45) is 0 Å². The Morgan fingerprint density at radius 2 is 1.65 bits per heavy atom. The topological polar surface area (TPSA) is 48.0 Å². The first kappa shape index (κ1) is 24.9. The molecule has 2 rings (SSSR count). The van der Waals surface area contributed by atoms with Crippen LogP contribution in [0, 0.1) is 0 Å². The number of methoxy groups -OCH3 is 2. The molecule has 0 aromatic heterocycles. The van der Waals surface area contributed by atoms with Gasteiger partial charge in [0.25, 0.3) is 0 Å². The molecule has 0 aliphatic rings. The summed E-state index contributed by atoms with van der Waals surface area (Å²) >= 11 is 0. The van der Waals surface area contributed by atoms with E-state index in [2.05, 4.69) is 30.9 Å². The third-order valence-electron chi connectivity index (χ3n) is 5.58. The highest BCUT2D eigenvalue weighted by molar-refractivity contribution is 5.75. The number of nitrogens with zero attached hydrogens (tertiary/aromatic N) is 1. The summed E-state index contributed by atoms with van der Waals surface area (Å²) in [5, 5.41) is 0. The average Bonchev–Trinajstić information content (AvgIpc) is 2.82. The largest absolute Gasteiger partial charge is 0.497 e. The van der Waals surface area contributed by atoms with E-state index in [-0.39, 0.29) is 12.0 Å². The number of benzene rings is 2. The molecule has 0 aliphatic carbocycles. The summed E-state index contributed by atoms with van der Waals surface area (Å²) in [5.74, 6) is 0.524. The van der Waals surface area contributed by atoms with Crippen LogP contribution >= 0.6 is 0 Å². The number of esters is 1. The number of rotatable bonds is 14. The summed E-state index contributed by atoms with van der Waals surface area (Å²) in [5.41, 5.74) is 2.22. The summed E-state index contributed by atoms with van der Waals surface area (Å²) in [7, 11) is 3.10. The van der Waals surface area contributed by atoms with Crippen LogP contribution in [0.3, 0.4) is 0 Å². The Balaban J connectivity index is 2.22. The highest BCUT2D eigenvalue weighted by Gasteiger charge is 2.34. The normalized spacial score (nSPS) is 13.1. The first-order chi connectivity index (χ1) is 15.1. The summed E-state index contributed by atoms with van der Waals surface area (Å²) < 4.78 is 16.6. The minimum atomic E-state index is -0.639. The van der Waals surface area contributed by atoms with Gasteiger partial charge in [0.05, 0.1) is 20.8 Å². The van der Waals surface area contributed by atoms with E-state index in [1.165, 1.54) is 12.7 Å². The van der Waals surface area contributed by atoms with E-state index >= 15 is 0 Å². The van der Waals surface area contributed by atoms with Crippen molar-refractivity contribution in [3.05, 3.63) is 65.7 Å². The fourth-order valence-electron chi connectivity index (χ4n) is 3.77. The number of likely N-dealkylation sites (N-methyl/N-ethyl adjacent to an activating group) is 1. The first-order valence-corrected chi connectivity index (χ1v) is 11.2. The van der Waals surface area contributed by atoms with Gasteiger partial charge in [0.2, 0.25) is 0 Å². The maximum absolute atomic E-state index is 12.8. The van der Waals surface area contributed by atoms with Gasteiger partial charge in [-0.3, -0.25) is 4.90 Å². The quantitative estimate of drug-likeness (QED) is 0.305. The average molecular weight is 428 g/mol. The Hall–Kier alpha value is -2.37. The number of unbranched alkanes of at least 4 members (excludes halogenated alkanes) is 2. The number of hydrogen-bond donors (Lipinski definition) is 0. The molecule has 0 spiro atoms. The molecule has 31 heavy (non-hydrogen) atoms. The van der Waals surface area contributed by atoms with Gasteiger partial charge in [-0.2, -0.15) is 0 Å². The van der Waals surface area contributed by atoms with Gasteiger partial charge in [-0.25, -0.2) is 4.79 Å². The van der Waals surface area contributed by atoms with Crippen molar-refractivity contribution in [2.45, 2.75) is 64.8 Å². The molecule has 2 aromatic carbocycles. The van der Waals surface area contributed by atoms with Gasteiger partial charge in [-0.1, -0.05) is 75.6 Å². The molecule has 5 heteroatoms. The van der Waals surface area contributed by atoms with Gasteiger partial charge in [-0.05, 0) is 36.2 Å². The molecular weight excluding hydrogens is 390 g/mol. The molecular formula is C26H37NO4. The number of hydrogen-bond acceptors (Lipinski definition) is 5. The van der Waals surface area contributed by atoms with E-state index in [1.54, 1.807) is 7.11 Å². The lowest BCUT2D eigenvalue weighted by molar-refractivity contribution is -0.161. The van der Waals surface area contributed by atoms with E-state index in [0.29, 0.717) is 6.61 Å². The Morgan fingerprint density at radius 3 is 2.23 bits per heavy atom. The highest BCUT2D eigenvalue weighted by atomic mass is 16.6. The van der Waals surface area contributed by atoms with Crippen molar-refractivity contribution in [1.29, 1.82) is 0 Å². The summed E-state index contributed by atoms with van der Waals surface area (Å²) in [4.78, 5) is 15.1. The Bertz CT molecular complexity index is 748. The molecule has 0 N–H and O–H groups in total. The number of ether oxygens (including phenoxy) is 3. The smallest absolute Gasteiger partial charge is 0.336 e. The summed E-state index contributed by atoms with van der Waals surface area (Å²) in [6.45, 7) is 6.24. The van der Waals surface area contributed by atoms with Gasteiger partial charge >= 0.3 is 5.97 Å². The minimum absolute atomic E-state index is 0.0604. The number of carbonyl (C=O) groups is 1. The molecule has 0 unspecified atom stereocenters. The van der Waals surface area contributed by atoms with Crippen molar-refractivity contribution in [3.8, 4) is 5.75 Å². The predicted molar refractivity (Wildman–Crippen MR) is 124 cm³/mol. The van der Waals surface area contributed by atoms with Gasteiger partial charge in [0.1, 0.15) is 5.75 Å². The van der Waals surface area contributed by atoms with Crippen molar-refractivity contribution >= 4 is 5.97 Å². The van der Waals surface area contributed by atoms with Crippen LogP contribution in [-0.4, -0.2) is 43.8 Å². The molecule has 0 heterocycles. The van der Waals surface area contributed by atoms with Crippen molar-refractivity contribution in [1.82, 2.24) is 4.90 Å². The number of carbonyl (C=O) groups excluding carboxylic acids is 1. The van der Waals surface area contributed by atoms with Crippen LogP contribution < -0.4 is 4.74 Å². The van der Waals surface area contributed by atoms with E-state index in [0.717, 1.165) is 50.1 Å². The molecule has 170 valence electrons. The van der Waals surface area contributed by atoms with Crippen LogP contribution in [0.2, 0.25) is 0 Å². The Kier molecular flexibility index (Phi) is 11.1. The van der Waals surface area contributed by atoms with Gasteiger partial charge in [0.15, 0.2) is 6.10 Å². The Morgan fingerprint density at radius 1 is 0.935 bits per heavy atom. The van der Waals surface area contributed by atoms with Crippen LogP contribution in [0.1, 0.15) is 50.7 Å². The molecule has 5 nitrogen and oxygen atoms in total. The zero-order chi connectivity index (χ0) is 22.5. The second kappa shape index (κ2) is 13.8. The minimum Gasteiger partial charge on any atom is -0.497 e. The monoisotopic (exact) mass is 427 g/mol. The molecule has 0 fully saturated rings. The van der Waals surface area contributed by atoms with E-state index in [1.807, 2.05) is 42.5 Å². The summed E-state index contributed by atoms with van der Waals surface area (Å²) in [6.07, 6.45) is 3.55. The SMILES string of the molecule is CCCCC[C@@H]([C@H](OCc1ccccc1)C(=O)OC)N(CC)Cc1ccc(OC)cc1. The van der Waals surface area contributed by atoms with Crippen molar-refractivity contribution in [2.75, 3.05) is 20.8 Å². The third-order valence-corrected chi connectivity index (χ3v) is 5.58. The van der Waals surface area contributed by atoms with E-state index < -0.39 is 6.10 Å². The van der Waals surface area contributed by atoms with Crippen LogP contribution in [0.15, 0.2) is 54.6 Å². The maximum atomic E-state index is 12.8. The standard InChI is InChI=1S/C26H37NO4/c1-5-7-9-14-24(27(6-2)19-21-15-17-23(29-3)18-16-21)25(26(28)30-4)31-20-22-12-10-8-11-13-22/h8,10-13,15-18,24-25H,5-7,9,14,19-20H2,1-4H3/t24-,25-/m0/s1. The fraction of sp³-hybridized carbons (Fsp3) is 0.500. The lowest BCUT2D eigenvalue weighted by Gasteiger charge is -2.35. The van der Waals surface area contributed by atoms with Crippen LogP contribution in [0.5, 0.6) is 5.75 Å². The van der Waals surface area contributed by atoms with Crippen LogP contribution in [0.25, 0.3) is 0 Å². The van der Waals surface area contributed by atoms with Crippen molar-refractivity contribution < 1.29 is 19.0 Å². The highest BCUT2D eigenvalue weighted by Crippen LogP contribution is 2.22. The zero-order valence-electron chi connectivity index (χ0n) is 19.4. The van der Waals surface area contributed by atoms with Gasteiger partial charge in [-0.15, -0.1) is 0 Å².